The maximum absolute atomic E-state index is 12.9. The molecular weight excluding hydrogens is 426 g/mol. The normalized spacial score (nSPS) is 11.0. The molecule has 0 saturated heterocycles. The Balaban J connectivity index is 1.76. The number of fused-ring (bicyclic) bond motifs is 1. The van der Waals surface area contributed by atoms with Gasteiger partial charge in [-0.25, -0.2) is 4.98 Å². The van der Waals surface area contributed by atoms with Gasteiger partial charge in [-0.1, -0.05) is 40.2 Å². The second-order valence-electron chi connectivity index (χ2n) is 7.33. The molecule has 4 rings (SSSR count). The fourth-order valence-corrected chi connectivity index (χ4v) is 3.86. The molecule has 1 N–H and O–H groups in total. The van der Waals surface area contributed by atoms with Crippen molar-refractivity contribution in [3.8, 4) is 11.3 Å². The molecule has 0 atom stereocenters. The van der Waals surface area contributed by atoms with E-state index in [-0.39, 0.29) is 12.3 Å². The summed E-state index contributed by atoms with van der Waals surface area (Å²) in [6.07, 6.45) is 2.21. The van der Waals surface area contributed by atoms with Crippen LogP contribution in [0.2, 0.25) is 0 Å². The third kappa shape index (κ3) is 3.96. The van der Waals surface area contributed by atoms with Crippen molar-refractivity contribution in [2.24, 2.45) is 0 Å². The van der Waals surface area contributed by atoms with Crippen LogP contribution < -0.4 is 5.32 Å². The summed E-state index contributed by atoms with van der Waals surface area (Å²) in [5, 5.41) is 2.99. The molecule has 0 unspecified atom stereocenters. The molecule has 0 fully saturated rings. The molecule has 2 aromatic carbocycles. The minimum Gasteiger partial charge on any atom is -0.326 e. The van der Waals surface area contributed by atoms with E-state index in [4.69, 9.17) is 4.98 Å². The van der Waals surface area contributed by atoms with Crippen molar-refractivity contribution in [2.75, 3.05) is 5.32 Å². The van der Waals surface area contributed by atoms with E-state index in [9.17, 15) is 4.79 Å². The number of pyridine rings is 1. The smallest absolute Gasteiger partial charge is 0.230 e. The highest BCUT2D eigenvalue weighted by atomic mass is 79.9. The lowest BCUT2D eigenvalue weighted by atomic mass is 10.0. The number of nitrogens with one attached hydrogen (secondary N) is 1. The predicted octanol–water partition coefficient (Wildman–Crippen LogP) is 5.87. The van der Waals surface area contributed by atoms with Crippen molar-refractivity contribution < 1.29 is 4.79 Å². The van der Waals surface area contributed by atoms with Gasteiger partial charge in [0, 0.05) is 21.9 Å². The fraction of sp³-hybridized carbons (Fsp3) is 0.167. The van der Waals surface area contributed by atoms with Gasteiger partial charge in [-0.05, 0) is 67.8 Å². The molecule has 29 heavy (non-hydrogen) atoms. The van der Waals surface area contributed by atoms with Crippen molar-refractivity contribution in [3.63, 3.8) is 0 Å². The number of amides is 1. The average Bonchev–Trinajstić information content (AvgIpc) is 3.04. The van der Waals surface area contributed by atoms with Gasteiger partial charge in [0.2, 0.25) is 5.91 Å². The zero-order valence-corrected chi connectivity index (χ0v) is 18.2. The number of hydrogen-bond acceptors (Lipinski definition) is 2. The first kappa shape index (κ1) is 19.4. The van der Waals surface area contributed by atoms with Crippen LogP contribution in [0.25, 0.3) is 16.9 Å². The topological polar surface area (TPSA) is 46.4 Å². The first-order chi connectivity index (χ1) is 13.9. The number of aromatic nitrogens is 2. The maximum atomic E-state index is 12.9. The van der Waals surface area contributed by atoms with Gasteiger partial charge in [-0.3, -0.25) is 4.79 Å². The van der Waals surface area contributed by atoms with Gasteiger partial charge in [0.15, 0.2) is 0 Å². The summed E-state index contributed by atoms with van der Waals surface area (Å²) in [5.74, 6) is -0.0727. The highest BCUT2D eigenvalue weighted by Crippen LogP contribution is 2.28. The molecule has 0 spiro atoms. The summed E-state index contributed by atoms with van der Waals surface area (Å²) >= 11 is 3.44. The predicted molar refractivity (Wildman–Crippen MR) is 121 cm³/mol. The highest BCUT2D eigenvalue weighted by Gasteiger charge is 2.18. The Bertz CT molecular complexity index is 1230. The van der Waals surface area contributed by atoms with Crippen molar-refractivity contribution >= 4 is 33.2 Å². The molecule has 2 aromatic heterocycles. The zero-order valence-electron chi connectivity index (χ0n) is 16.7. The van der Waals surface area contributed by atoms with Crippen molar-refractivity contribution in [1.29, 1.82) is 0 Å². The van der Waals surface area contributed by atoms with Gasteiger partial charge in [-0.15, -0.1) is 0 Å². The van der Waals surface area contributed by atoms with Crippen LogP contribution in [0.5, 0.6) is 0 Å². The molecule has 146 valence electrons. The van der Waals surface area contributed by atoms with Crippen molar-refractivity contribution in [2.45, 2.75) is 27.2 Å². The van der Waals surface area contributed by atoms with E-state index in [1.807, 2.05) is 53.9 Å². The van der Waals surface area contributed by atoms with Crippen molar-refractivity contribution in [1.82, 2.24) is 9.38 Å². The largest absolute Gasteiger partial charge is 0.326 e. The van der Waals surface area contributed by atoms with Gasteiger partial charge in [-0.2, -0.15) is 0 Å². The van der Waals surface area contributed by atoms with Crippen LogP contribution in [0.4, 0.5) is 5.69 Å². The standard InChI is InChI=1S/C24H22BrN3O/c1-15-9-10-18(12-17(15)3)23-21(28-11-5-6-16(2)24(28)27-23)14-22(29)26-20-8-4-7-19(25)13-20/h4-13H,14H2,1-3H3,(H,26,29). The maximum Gasteiger partial charge on any atom is 0.230 e. The number of carbonyl (C=O) groups excluding carboxylic acids is 1. The lowest BCUT2D eigenvalue weighted by Crippen LogP contribution is -2.16. The van der Waals surface area contributed by atoms with Gasteiger partial charge in [0.1, 0.15) is 5.65 Å². The number of carbonyl (C=O) groups is 1. The SMILES string of the molecule is Cc1ccc(-c2nc3c(C)cccn3c2CC(=O)Nc2cccc(Br)c2)cc1C. The first-order valence-electron chi connectivity index (χ1n) is 9.52. The number of aryl methyl sites for hydroxylation is 3. The van der Waals surface area contributed by atoms with E-state index >= 15 is 0 Å². The van der Waals surface area contributed by atoms with Crippen LogP contribution in [-0.4, -0.2) is 15.3 Å². The van der Waals surface area contributed by atoms with Crippen LogP contribution in [-0.2, 0) is 11.2 Å². The van der Waals surface area contributed by atoms with E-state index in [2.05, 4.69) is 53.3 Å². The van der Waals surface area contributed by atoms with Gasteiger partial charge in [0.25, 0.3) is 0 Å². The third-order valence-electron chi connectivity index (χ3n) is 5.16. The highest BCUT2D eigenvalue weighted by molar-refractivity contribution is 9.10. The summed E-state index contributed by atoms with van der Waals surface area (Å²) in [4.78, 5) is 17.8. The number of rotatable bonds is 4. The Morgan fingerprint density at radius 2 is 1.83 bits per heavy atom. The molecule has 0 aliphatic carbocycles. The summed E-state index contributed by atoms with van der Waals surface area (Å²) in [5.41, 5.74) is 7.94. The van der Waals surface area contributed by atoms with Crippen LogP contribution in [0.15, 0.2) is 65.3 Å². The Kier molecular flexibility index (Phi) is 5.24. The van der Waals surface area contributed by atoms with E-state index in [1.165, 1.54) is 11.1 Å². The van der Waals surface area contributed by atoms with Crippen LogP contribution in [0.3, 0.4) is 0 Å². The van der Waals surface area contributed by atoms with E-state index < -0.39 is 0 Å². The van der Waals surface area contributed by atoms with E-state index in [0.717, 1.165) is 38.3 Å². The molecule has 0 aliphatic heterocycles. The number of anilines is 1. The lowest BCUT2D eigenvalue weighted by Gasteiger charge is -2.09. The first-order valence-corrected chi connectivity index (χ1v) is 10.3. The van der Waals surface area contributed by atoms with Gasteiger partial charge >= 0.3 is 0 Å². The molecule has 1 amide bonds. The number of nitrogens with zero attached hydrogens (tertiary/aromatic N) is 2. The summed E-state index contributed by atoms with van der Waals surface area (Å²) in [6, 6.07) is 18.0. The zero-order chi connectivity index (χ0) is 20.5. The van der Waals surface area contributed by atoms with E-state index in [1.54, 1.807) is 0 Å². The minimum atomic E-state index is -0.0727. The molecule has 4 nitrogen and oxygen atoms in total. The Labute approximate surface area is 178 Å². The number of halogens is 1. The summed E-state index contributed by atoms with van der Waals surface area (Å²) < 4.78 is 2.96. The summed E-state index contributed by atoms with van der Waals surface area (Å²) in [6.45, 7) is 6.23. The molecule has 0 bridgehead atoms. The Morgan fingerprint density at radius 3 is 2.59 bits per heavy atom. The van der Waals surface area contributed by atoms with Crippen molar-refractivity contribution in [3.05, 3.63) is 87.7 Å². The second kappa shape index (κ2) is 7.84. The van der Waals surface area contributed by atoms with Crippen LogP contribution in [0.1, 0.15) is 22.4 Å². The third-order valence-corrected chi connectivity index (χ3v) is 5.65. The lowest BCUT2D eigenvalue weighted by molar-refractivity contribution is -0.115. The number of benzene rings is 2. The van der Waals surface area contributed by atoms with Gasteiger partial charge < -0.3 is 9.72 Å². The molecule has 0 saturated carbocycles. The quantitative estimate of drug-likeness (QED) is 0.425. The average molecular weight is 448 g/mol. The fourth-order valence-electron chi connectivity index (χ4n) is 3.47. The molecule has 5 heteroatoms. The molecular formula is C24H22BrN3O. The van der Waals surface area contributed by atoms with Crippen LogP contribution >= 0.6 is 15.9 Å². The molecule has 0 aliphatic rings. The monoisotopic (exact) mass is 447 g/mol. The number of imidazole rings is 1. The second-order valence-corrected chi connectivity index (χ2v) is 8.24. The minimum absolute atomic E-state index is 0.0727. The summed E-state index contributed by atoms with van der Waals surface area (Å²) in [7, 11) is 0. The Morgan fingerprint density at radius 1 is 1.00 bits per heavy atom. The van der Waals surface area contributed by atoms with E-state index in [0.29, 0.717) is 0 Å². The molecule has 2 heterocycles. The number of hydrogen-bond donors (Lipinski definition) is 1. The molecule has 0 radical (unpaired) electrons. The Hall–Kier alpha value is -2.92. The van der Waals surface area contributed by atoms with Gasteiger partial charge in [0.05, 0.1) is 17.8 Å². The molecule has 4 aromatic rings. The van der Waals surface area contributed by atoms with Crippen LogP contribution in [0, 0.1) is 20.8 Å².